The number of nitrogens with zero attached hydrogens (tertiary/aromatic N) is 1. The zero-order valence-electron chi connectivity index (χ0n) is 10.9. The number of carbonyl (C=O) groups excluding carboxylic acids is 1. The maximum Gasteiger partial charge on any atom is 0.289 e. The van der Waals surface area contributed by atoms with Crippen LogP contribution in [0.25, 0.3) is 0 Å². The van der Waals surface area contributed by atoms with Crippen molar-refractivity contribution in [1.29, 1.82) is 0 Å². The average Bonchev–Trinajstić information content (AvgIpc) is 2.74. The third kappa shape index (κ3) is 2.38. The highest BCUT2D eigenvalue weighted by Gasteiger charge is 2.29. The summed E-state index contributed by atoms with van der Waals surface area (Å²) in [4.78, 5) is 14.2. The lowest BCUT2D eigenvalue weighted by Crippen LogP contribution is -2.42. The predicted octanol–water partition coefficient (Wildman–Crippen LogP) is 3.24. The van der Waals surface area contributed by atoms with Crippen molar-refractivity contribution in [2.45, 2.75) is 45.6 Å². The largest absolute Gasteiger partial charge is 0.459 e. The third-order valence-electron chi connectivity index (χ3n) is 3.94. The fraction of sp³-hybridized carbons (Fsp3) is 0.643. The second-order valence-corrected chi connectivity index (χ2v) is 5.18. The molecule has 1 aromatic rings. The Balaban J connectivity index is 2.11. The summed E-state index contributed by atoms with van der Waals surface area (Å²) < 4.78 is 5.28. The van der Waals surface area contributed by atoms with Crippen LogP contribution >= 0.6 is 0 Å². The number of amides is 1. The van der Waals surface area contributed by atoms with Crippen molar-refractivity contribution in [3.05, 3.63) is 23.7 Å². The van der Waals surface area contributed by atoms with Gasteiger partial charge in [-0.3, -0.25) is 4.79 Å². The number of hydrogen-bond donors (Lipinski definition) is 0. The average molecular weight is 235 g/mol. The van der Waals surface area contributed by atoms with Crippen molar-refractivity contribution in [1.82, 2.24) is 4.90 Å². The second-order valence-electron chi connectivity index (χ2n) is 5.18. The Labute approximate surface area is 103 Å². The van der Waals surface area contributed by atoms with E-state index in [1.165, 1.54) is 19.3 Å². The molecule has 1 aliphatic carbocycles. The van der Waals surface area contributed by atoms with Gasteiger partial charge in [-0.25, -0.2) is 0 Å². The van der Waals surface area contributed by atoms with Crippen molar-refractivity contribution in [2.24, 2.45) is 5.92 Å². The van der Waals surface area contributed by atoms with Crippen LogP contribution in [0, 0.1) is 12.8 Å². The number of rotatable bonds is 2. The van der Waals surface area contributed by atoms with E-state index in [1.54, 1.807) is 6.26 Å². The molecule has 94 valence electrons. The Morgan fingerprint density at radius 1 is 1.41 bits per heavy atom. The fourth-order valence-electron chi connectivity index (χ4n) is 2.77. The molecule has 1 aromatic heterocycles. The molecule has 1 aliphatic rings. The first-order chi connectivity index (χ1) is 8.11. The topological polar surface area (TPSA) is 33.5 Å². The lowest BCUT2D eigenvalue weighted by molar-refractivity contribution is 0.0596. The van der Waals surface area contributed by atoms with Gasteiger partial charge in [-0.1, -0.05) is 19.8 Å². The Morgan fingerprint density at radius 3 is 2.71 bits per heavy atom. The number of hydrogen-bond acceptors (Lipinski definition) is 2. The molecular weight excluding hydrogens is 214 g/mol. The van der Waals surface area contributed by atoms with Crippen LogP contribution in [0.2, 0.25) is 0 Å². The number of aryl methyl sites for hydroxylation is 1. The van der Waals surface area contributed by atoms with E-state index in [1.807, 2.05) is 24.9 Å². The molecule has 0 aromatic carbocycles. The van der Waals surface area contributed by atoms with Gasteiger partial charge in [0, 0.05) is 18.7 Å². The molecule has 1 saturated carbocycles. The second kappa shape index (κ2) is 4.94. The molecule has 2 rings (SSSR count). The van der Waals surface area contributed by atoms with Crippen LogP contribution in [0.3, 0.4) is 0 Å². The van der Waals surface area contributed by atoms with Gasteiger partial charge >= 0.3 is 0 Å². The SMILES string of the molecule is Cc1ccoc1C(=O)N(C)[C@@H]1CCCC[C@H]1C. The van der Waals surface area contributed by atoms with Gasteiger partial charge in [-0.15, -0.1) is 0 Å². The fourth-order valence-corrected chi connectivity index (χ4v) is 2.77. The summed E-state index contributed by atoms with van der Waals surface area (Å²) in [5.74, 6) is 1.10. The number of carbonyl (C=O) groups is 1. The van der Waals surface area contributed by atoms with Crippen molar-refractivity contribution in [3.8, 4) is 0 Å². The van der Waals surface area contributed by atoms with Crippen LogP contribution in [0.4, 0.5) is 0 Å². The quantitative estimate of drug-likeness (QED) is 0.788. The number of furan rings is 1. The highest BCUT2D eigenvalue weighted by atomic mass is 16.3. The zero-order chi connectivity index (χ0) is 12.4. The van der Waals surface area contributed by atoms with Crippen molar-refractivity contribution in [2.75, 3.05) is 7.05 Å². The van der Waals surface area contributed by atoms with E-state index in [9.17, 15) is 4.79 Å². The maximum atomic E-state index is 12.3. The summed E-state index contributed by atoms with van der Waals surface area (Å²) in [5.41, 5.74) is 0.922. The van der Waals surface area contributed by atoms with E-state index in [2.05, 4.69) is 6.92 Å². The van der Waals surface area contributed by atoms with Crippen LogP contribution in [0.15, 0.2) is 16.7 Å². The molecule has 0 radical (unpaired) electrons. The minimum Gasteiger partial charge on any atom is -0.459 e. The standard InChI is InChI=1S/C14H21NO2/c1-10-6-4-5-7-12(10)15(3)14(16)13-11(2)8-9-17-13/h8-10,12H,4-7H2,1-3H3/t10-,12-/m1/s1. The van der Waals surface area contributed by atoms with Gasteiger partial charge in [0.05, 0.1) is 6.26 Å². The van der Waals surface area contributed by atoms with Gasteiger partial charge in [0.25, 0.3) is 5.91 Å². The Morgan fingerprint density at radius 2 is 2.12 bits per heavy atom. The predicted molar refractivity (Wildman–Crippen MR) is 67.0 cm³/mol. The van der Waals surface area contributed by atoms with E-state index >= 15 is 0 Å². The third-order valence-corrected chi connectivity index (χ3v) is 3.94. The van der Waals surface area contributed by atoms with Crippen LogP contribution in [0.1, 0.15) is 48.7 Å². The van der Waals surface area contributed by atoms with E-state index in [0.29, 0.717) is 17.7 Å². The summed E-state index contributed by atoms with van der Waals surface area (Å²) >= 11 is 0. The van der Waals surface area contributed by atoms with Gasteiger partial charge < -0.3 is 9.32 Å². The lowest BCUT2D eigenvalue weighted by Gasteiger charge is -2.35. The lowest BCUT2D eigenvalue weighted by atomic mass is 9.85. The molecule has 0 spiro atoms. The molecule has 1 heterocycles. The smallest absolute Gasteiger partial charge is 0.289 e. The molecular formula is C14H21NO2. The van der Waals surface area contributed by atoms with Crippen LogP contribution < -0.4 is 0 Å². The van der Waals surface area contributed by atoms with E-state index in [-0.39, 0.29) is 5.91 Å². The molecule has 0 bridgehead atoms. The van der Waals surface area contributed by atoms with E-state index in [4.69, 9.17) is 4.42 Å². The van der Waals surface area contributed by atoms with E-state index in [0.717, 1.165) is 12.0 Å². The normalized spacial score (nSPS) is 24.6. The molecule has 0 unspecified atom stereocenters. The monoisotopic (exact) mass is 235 g/mol. The van der Waals surface area contributed by atoms with Crippen molar-refractivity contribution in [3.63, 3.8) is 0 Å². The minimum absolute atomic E-state index is 0.0197. The highest BCUT2D eigenvalue weighted by Crippen LogP contribution is 2.28. The van der Waals surface area contributed by atoms with Gasteiger partial charge in [-0.2, -0.15) is 0 Å². The molecule has 1 amide bonds. The summed E-state index contributed by atoms with van der Waals surface area (Å²) in [7, 11) is 1.90. The van der Waals surface area contributed by atoms with Crippen molar-refractivity contribution < 1.29 is 9.21 Å². The van der Waals surface area contributed by atoms with Gasteiger partial charge in [0.15, 0.2) is 5.76 Å². The first-order valence-corrected chi connectivity index (χ1v) is 6.42. The highest BCUT2D eigenvalue weighted by molar-refractivity contribution is 5.92. The maximum absolute atomic E-state index is 12.3. The molecule has 3 nitrogen and oxygen atoms in total. The molecule has 3 heteroatoms. The molecule has 17 heavy (non-hydrogen) atoms. The minimum atomic E-state index is 0.0197. The van der Waals surface area contributed by atoms with Crippen LogP contribution in [-0.4, -0.2) is 23.9 Å². The van der Waals surface area contributed by atoms with Crippen LogP contribution in [-0.2, 0) is 0 Å². The zero-order valence-corrected chi connectivity index (χ0v) is 10.9. The summed E-state index contributed by atoms with van der Waals surface area (Å²) in [5, 5.41) is 0. The van der Waals surface area contributed by atoms with E-state index < -0.39 is 0 Å². The van der Waals surface area contributed by atoms with Crippen molar-refractivity contribution >= 4 is 5.91 Å². The van der Waals surface area contributed by atoms with Gasteiger partial charge in [0.1, 0.15) is 0 Å². The summed E-state index contributed by atoms with van der Waals surface area (Å²) in [6.07, 6.45) is 6.44. The molecule has 0 saturated heterocycles. The molecule has 2 atom stereocenters. The summed E-state index contributed by atoms with van der Waals surface area (Å²) in [6.45, 7) is 4.15. The molecule has 0 N–H and O–H groups in total. The first kappa shape index (κ1) is 12.2. The van der Waals surface area contributed by atoms with Gasteiger partial charge in [0.2, 0.25) is 0 Å². The summed E-state index contributed by atoms with van der Waals surface area (Å²) in [6, 6.07) is 2.20. The molecule has 0 aliphatic heterocycles. The Bertz CT molecular complexity index is 397. The first-order valence-electron chi connectivity index (χ1n) is 6.42. The Hall–Kier alpha value is -1.25. The van der Waals surface area contributed by atoms with Gasteiger partial charge in [-0.05, 0) is 31.7 Å². The molecule has 1 fully saturated rings. The Kier molecular flexibility index (Phi) is 3.55. The van der Waals surface area contributed by atoms with Crippen LogP contribution in [0.5, 0.6) is 0 Å².